The Labute approximate surface area is 327 Å². The second kappa shape index (κ2) is 16.4. The number of nitrogens with zero attached hydrogens (tertiary/aromatic N) is 4. The molecule has 10 heteroatoms. The second-order valence-corrected chi connectivity index (χ2v) is 12.9. The summed E-state index contributed by atoms with van der Waals surface area (Å²) in [6.45, 7) is 0. The molecule has 0 aliphatic carbocycles. The molecule has 0 saturated heterocycles. The van der Waals surface area contributed by atoms with Gasteiger partial charge in [0.05, 0.1) is 35.4 Å². The third kappa shape index (κ3) is 8.21. The highest BCUT2D eigenvalue weighted by Gasteiger charge is 2.18. The second-order valence-electron chi connectivity index (χ2n) is 12.9. The summed E-state index contributed by atoms with van der Waals surface area (Å²) in [7, 11) is 1.57. The molecule has 0 saturated carbocycles. The Morgan fingerprint density at radius 2 is 1.02 bits per heavy atom. The summed E-state index contributed by atoms with van der Waals surface area (Å²) < 4.78 is 16.4. The van der Waals surface area contributed by atoms with Crippen LogP contribution in [0.2, 0.25) is 0 Å². The van der Waals surface area contributed by atoms with Crippen LogP contribution >= 0.6 is 0 Å². The van der Waals surface area contributed by atoms with E-state index < -0.39 is 12.3 Å². The molecule has 57 heavy (non-hydrogen) atoms. The molecule has 8 aromatic rings. The van der Waals surface area contributed by atoms with Crippen molar-refractivity contribution in [1.82, 2.24) is 0 Å². The van der Waals surface area contributed by atoms with Gasteiger partial charge < -0.3 is 24.4 Å². The standard InChI is InChI=1S/C47H34N4O6/c1-55-37-22-12-33(13-23-37)47(54)57-39-26-18-35(19-27-39)49-51-43-29-15-31-7-3-5-9-41(31)45(43)44-40-8-4-2-6-30(40)14-28-42(44)50-48-34-16-24-38(25-17-34)56-46(53)32-10-20-36(52)21-11-32/h2-29,46,52-53H,1H3. The number of carbonyl (C=O) groups excluding carboxylic acids is 1. The number of phenolic OH excluding ortho intramolecular Hbond substituents is 1. The average molecular weight is 751 g/mol. The summed E-state index contributed by atoms with van der Waals surface area (Å²) in [5.74, 6) is 1.09. The lowest BCUT2D eigenvalue weighted by Crippen LogP contribution is -2.08. The molecule has 0 fully saturated rings. The van der Waals surface area contributed by atoms with Crippen molar-refractivity contribution < 1.29 is 29.2 Å². The number of rotatable bonds is 11. The van der Waals surface area contributed by atoms with Gasteiger partial charge in [-0.25, -0.2) is 4.79 Å². The van der Waals surface area contributed by atoms with Crippen LogP contribution in [0, 0.1) is 0 Å². The summed E-state index contributed by atoms with van der Waals surface area (Å²) in [6.07, 6.45) is -1.21. The third-order valence-corrected chi connectivity index (χ3v) is 9.25. The number of phenols is 1. The molecule has 0 heterocycles. The van der Waals surface area contributed by atoms with Gasteiger partial charge in [0, 0.05) is 16.7 Å². The molecule has 0 spiro atoms. The maximum absolute atomic E-state index is 12.7. The zero-order valence-electron chi connectivity index (χ0n) is 30.6. The number of aliphatic hydroxyl groups excluding tert-OH is 1. The van der Waals surface area contributed by atoms with Gasteiger partial charge in [-0.2, -0.15) is 10.2 Å². The predicted molar refractivity (Wildman–Crippen MR) is 220 cm³/mol. The van der Waals surface area contributed by atoms with E-state index in [0.717, 1.165) is 32.7 Å². The molecule has 8 aromatic carbocycles. The first-order chi connectivity index (χ1) is 27.9. The summed E-state index contributed by atoms with van der Waals surface area (Å²) in [5.41, 5.74) is 5.02. The maximum atomic E-state index is 12.7. The Bertz CT molecular complexity index is 2750. The van der Waals surface area contributed by atoms with Crippen LogP contribution in [0.1, 0.15) is 22.2 Å². The van der Waals surface area contributed by atoms with Crippen LogP contribution in [-0.4, -0.2) is 23.3 Å². The molecule has 8 rings (SSSR count). The lowest BCUT2D eigenvalue weighted by atomic mass is 9.91. The number of hydrogen-bond acceptors (Lipinski definition) is 10. The van der Waals surface area contributed by atoms with Crippen LogP contribution in [0.4, 0.5) is 22.7 Å². The average Bonchev–Trinajstić information content (AvgIpc) is 3.26. The number of methoxy groups -OCH3 is 1. The number of fused-ring (bicyclic) bond motifs is 2. The van der Waals surface area contributed by atoms with Crippen molar-refractivity contribution in [2.24, 2.45) is 20.5 Å². The van der Waals surface area contributed by atoms with Crippen molar-refractivity contribution in [3.63, 3.8) is 0 Å². The fourth-order valence-electron chi connectivity index (χ4n) is 6.34. The normalized spacial score (nSPS) is 12.0. The van der Waals surface area contributed by atoms with E-state index in [9.17, 15) is 15.0 Å². The number of hydrogen-bond donors (Lipinski definition) is 2. The SMILES string of the molecule is COc1ccc(C(=O)Oc2ccc(N=Nc3ccc4ccccc4c3-c3c(N=Nc4ccc(OC(O)c5ccc(O)cc5)cc4)ccc4ccccc34)cc2)cc1. The highest BCUT2D eigenvalue weighted by atomic mass is 16.6. The molecule has 278 valence electrons. The topological polar surface area (TPSA) is 135 Å². The van der Waals surface area contributed by atoms with Crippen LogP contribution in [0.25, 0.3) is 32.7 Å². The van der Waals surface area contributed by atoms with E-state index >= 15 is 0 Å². The zero-order chi connectivity index (χ0) is 39.1. The highest BCUT2D eigenvalue weighted by molar-refractivity contribution is 6.12. The van der Waals surface area contributed by atoms with Gasteiger partial charge >= 0.3 is 5.97 Å². The van der Waals surface area contributed by atoms with Crippen LogP contribution in [0.5, 0.6) is 23.0 Å². The number of ether oxygens (including phenoxy) is 3. The number of benzene rings is 8. The summed E-state index contributed by atoms with van der Waals surface area (Å²) >= 11 is 0. The molecule has 0 amide bonds. The minimum Gasteiger partial charge on any atom is -0.508 e. The summed E-state index contributed by atoms with van der Waals surface area (Å²) in [5, 5.41) is 42.8. The molecule has 0 aliphatic rings. The first kappa shape index (κ1) is 36.3. The molecule has 1 atom stereocenters. The van der Waals surface area contributed by atoms with E-state index in [1.807, 2.05) is 48.5 Å². The van der Waals surface area contributed by atoms with E-state index in [2.05, 4.69) is 34.5 Å². The van der Waals surface area contributed by atoms with Gasteiger partial charge in [0.15, 0.2) is 0 Å². The summed E-state index contributed by atoms with van der Waals surface area (Å²) in [4.78, 5) is 12.7. The van der Waals surface area contributed by atoms with Gasteiger partial charge in [0.1, 0.15) is 23.0 Å². The van der Waals surface area contributed by atoms with E-state index in [1.165, 1.54) is 12.1 Å². The monoisotopic (exact) mass is 750 g/mol. The van der Waals surface area contributed by atoms with Crippen molar-refractivity contribution in [1.29, 1.82) is 0 Å². The van der Waals surface area contributed by atoms with Crippen molar-refractivity contribution in [3.05, 3.63) is 181 Å². The molecule has 2 N–H and O–H groups in total. The Hall–Kier alpha value is -7.69. The first-order valence-electron chi connectivity index (χ1n) is 18.0. The van der Waals surface area contributed by atoms with Crippen molar-refractivity contribution in [2.45, 2.75) is 6.29 Å². The minimum absolute atomic E-state index is 0.103. The number of esters is 1. The molecule has 10 nitrogen and oxygen atoms in total. The molecule has 1 unspecified atom stereocenters. The fraction of sp³-hybridized carbons (Fsp3) is 0.0426. The van der Waals surface area contributed by atoms with Gasteiger partial charge in [-0.1, -0.05) is 60.7 Å². The lowest BCUT2D eigenvalue weighted by molar-refractivity contribution is -0.0194. The minimum atomic E-state index is -1.21. The van der Waals surface area contributed by atoms with E-state index in [-0.39, 0.29) is 5.75 Å². The number of azo groups is 2. The van der Waals surface area contributed by atoms with Crippen molar-refractivity contribution in [2.75, 3.05) is 7.11 Å². The van der Waals surface area contributed by atoms with Crippen LogP contribution < -0.4 is 14.2 Å². The Balaban J connectivity index is 1.10. The van der Waals surface area contributed by atoms with Gasteiger partial charge in [-0.05, 0) is 131 Å². The van der Waals surface area contributed by atoms with E-state index in [1.54, 1.807) is 92.0 Å². The highest BCUT2D eigenvalue weighted by Crippen LogP contribution is 2.46. The molecular formula is C47H34N4O6. The lowest BCUT2D eigenvalue weighted by Gasteiger charge is -2.15. The van der Waals surface area contributed by atoms with Gasteiger partial charge in [-0.15, -0.1) is 10.2 Å². The van der Waals surface area contributed by atoms with Gasteiger partial charge in [0.2, 0.25) is 6.29 Å². The van der Waals surface area contributed by atoms with Gasteiger partial charge in [0.25, 0.3) is 0 Å². The van der Waals surface area contributed by atoms with Gasteiger partial charge in [-0.3, -0.25) is 0 Å². The van der Waals surface area contributed by atoms with E-state index in [4.69, 9.17) is 24.4 Å². The fourth-order valence-corrected chi connectivity index (χ4v) is 6.34. The molecule has 0 radical (unpaired) electrons. The molecule has 0 aliphatic heterocycles. The van der Waals surface area contributed by atoms with Crippen LogP contribution in [0.3, 0.4) is 0 Å². The van der Waals surface area contributed by atoms with Crippen molar-refractivity contribution >= 4 is 50.3 Å². The predicted octanol–water partition coefficient (Wildman–Crippen LogP) is 12.5. The summed E-state index contributed by atoms with van der Waals surface area (Å²) in [6, 6.07) is 50.8. The Morgan fingerprint density at radius 1 is 0.526 bits per heavy atom. The van der Waals surface area contributed by atoms with Crippen LogP contribution in [0.15, 0.2) is 190 Å². The largest absolute Gasteiger partial charge is 0.508 e. The first-order valence-corrected chi connectivity index (χ1v) is 18.0. The number of carbonyl (C=O) groups is 1. The number of aliphatic hydroxyl groups is 1. The quantitative estimate of drug-likeness (QED) is 0.0585. The molecule has 0 aromatic heterocycles. The maximum Gasteiger partial charge on any atom is 0.343 e. The van der Waals surface area contributed by atoms with Crippen molar-refractivity contribution in [3.8, 4) is 34.1 Å². The zero-order valence-corrected chi connectivity index (χ0v) is 30.6. The Morgan fingerprint density at radius 3 is 1.54 bits per heavy atom. The third-order valence-electron chi connectivity index (χ3n) is 9.25. The van der Waals surface area contributed by atoms with E-state index in [0.29, 0.717) is 51.1 Å². The molecule has 0 bridgehead atoms. The smallest absolute Gasteiger partial charge is 0.343 e. The molecular weight excluding hydrogens is 717 g/mol. The number of aromatic hydroxyl groups is 1. The van der Waals surface area contributed by atoms with Crippen LogP contribution in [-0.2, 0) is 0 Å². The Kier molecular flexibility index (Phi) is 10.4.